The lowest BCUT2D eigenvalue weighted by molar-refractivity contribution is 0.101. The molecule has 0 aliphatic rings. The van der Waals surface area contributed by atoms with Gasteiger partial charge in [-0.25, -0.2) is 9.37 Å². The van der Waals surface area contributed by atoms with Gasteiger partial charge in [-0.15, -0.1) is 0 Å². The van der Waals surface area contributed by atoms with E-state index in [4.69, 9.17) is 4.74 Å². The Morgan fingerprint density at radius 1 is 1.30 bits per heavy atom. The van der Waals surface area contributed by atoms with E-state index in [0.717, 1.165) is 22.3 Å². The van der Waals surface area contributed by atoms with E-state index < -0.39 is 5.82 Å². The Bertz CT molecular complexity index is 1080. The minimum Gasteiger partial charge on any atom is -0.496 e. The van der Waals surface area contributed by atoms with Crippen LogP contribution in [-0.4, -0.2) is 28.2 Å². The molecule has 0 spiro atoms. The number of carbonyl (C=O) groups is 1. The van der Waals surface area contributed by atoms with Crippen LogP contribution in [0.2, 0.25) is 0 Å². The predicted octanol–water partition coefficient (Wildman–Crippen LogP) is 4.30. The summed E-state index contributed by atoms with van der Waals surface area (Å²) >= 11 is 4.50. The first-order chi connectivity index (χ1) is 12.9. The fourth-order valence-corrected chi connectivity index (χ4v) is 3.98. The van der Waals surface area contributed by atoms with Gasteiger partial charge in [-0.1, -0.05) is 27.7 Å². The van der Waals surface area contributed by atoms with Crippen molar-refractivity contribution in [1.29, 1.82) is 0 Å². The molecule has 27 heavy (non-hydrogen) atoms. The third kappa shape index (κ3) is 4.06. The maximum absolute atomic E-state index is 13.5. The largest absolute Gasteiger partial charge is 0.496 e. The third-order valence-corrected chi connectivity index (χ3v) is 5.46. The van der Waals surface area contributed by atoms with Crippen LogP contribution in [0.25, 0.3) is 10.9 Å². The lowest BCUT2D eigenvalue weighted by Gasteiger charge is -2.12. The van der Waals surface area contributed by atoms with E-state index in [-0.39, 0.29) is 22.7 Å². The van der Waals surface area contributed by atoms with Crippen LogP contribution in [-0.2, 0) is 6.54 Å². The molecule has 0 fully saturated rings. The number of ether oxygens (including phenoxy) is 1. The Kier molecular flexibility index (Phi) is 5.96. The first-order valence-electron chi connectivity index (χ1n) is 8.14. The smallest absolute Gasteiger partial charge is 0.262 e. The second-order valence-corrected chi connectivity index (χ2v) is 7.52. The standard InChI is InChI=1S/C19H16BrFN2O3S/c1-3-23-18(25)13-8-11(20)4-6-15(13)22-19(23)27-10-16(24)14-9-12(21)5-7-17(14)26-2/h4-9H,3,10H2,1-2H3. The highest BCUT2D eigenvalue weighted by molar-refractivity contribution is 9.10. The van der Waals surface area contributed by atoms with Gasteiger partial charge in [-0.3, -0.25) is 14.2 Å². The zero-order valence-electron chi connectivity index (χ0n) is 14.7. The number of benzene rings is 2. The summed E-state index contributed by atoms with van der Waals surface area (Å²) in [7, 11) is 1.43. The zero-order chi connectivity index (χ0) is 19.6. The Morgan fingerprint density at radius 3 is 2.78 bits per heavy atom. The number of ketones is 1. The van der Waals surface area contributed by atoms with Crippen molar-refractivity contribution >= 4 is 44.4 Å². The van der Waals surface area contributed by atoms with Gasteiger partial charge in [-0.05, 0) is 43.3 Å². The molecule has 0 N–H and O–H groups in total. The highest BCUT2D eigenvalue weighted by Gasteiger charge is 2.17. The highest BCUT2D eigenvalue weighted by Crippen LogP contribution is 2.24. The van der Waals surface area contributed by atoms with Gasteiger partial charge in [0.25, 0.3) is 5.56 Å². The zero-order valence-corrected chi connectivity index (χ0v) is 17.1. The van der Waals surface area contributed by atoms with E-state index in [1.807, 2.05) is 13.0 Å². The molecule has 0 unspecified atom stereocenters. The van der Waals surface area contributed by atoms with Gasteiger partial charge in [0.15, 0.2) is 10.9 Å². The molecule has 3 rings (SSSR count). The van der Waals surface area contributed by atoms with Crippen LogP contribution < -0.4 is 10.3 Å². The number of hydrogen-bond acceptors (Lipinski definition) is 5. The normalized spacial score (nSPS) is 11.0. The number of carbonyl (C=O) groups excluding carboxylic acids is 1. The number of rotatable bonds is 6. The van der Waals surface area contributed by atoms with Gasteiger partial charge in [0.1, 0.15) is 11.6 Å². The van der Waals surface area contributed by atoms with E-state index in [1.54, 1.807) is 12.1 Å². The SMILES string of the molecule is CCn1c(SCC(=O)c2cc(F)ccc2OC)nc2ccc(Br)cc2c1=O. The van der Waals surface area contributed by atoms with Crippen LogP contribution in [0.3, 0.4) is 0 Å². The molecule has 0 aliphatic heterocycles. The predicted molar refractivity (Wildman–Crippen MR) is 107 cm³/mol. The summed E-state index contributed by atoms with van der Waals surface area (Å²) in [6, 6.07) is 9.10. The van der Waals surface area contributed by atoms with Crippen LogP contribution in [0.15, 0.2) is 50.8 Å². The average molecular weight is 451 g/mol. The quantitative estimate of drug-likeness (QED) is 0.318. The Labute approximate surface area is 167 Å². The summed E-state index contributed by atoms with van der Waals surface area (Å²) in [5, 5.41) is 0.953. The van der Waals surface area contributed by atoms with E-state index in [9.17, 15) is 14.0 Å². The van der Waals surface area contributed by atoms with Crippen molar-refractivity contribution in [3.63, 3.8) is 0 Å². The third-order valence-electron chi connectivity index (χ3n) is 3.99. The monoisotopic (exact) mass is 450 g/mol. The van der Waals surface area contributed by atoms with Crippen molar-refractivity contribution in [2.45, 2.75) is 18.6 Å². The van der Waals surface area contributed by atoms with Gasteiger partial charge in [-0.2, -0.15) is 0 Å². The van der Waals surface area contributed by atoms with E-state index in [0.29, 0.717) is 28.4 Å². The Hall–Kier alpha value is -2.19. The maximum Gasteiger partial charge on any atom is 0.262 e. The summed E-state index contributed by atoms with van der Waals surface area (Å²) < 4.78 is 21.0. The molecule has 5 nitrogen and oxygen atoms in total. The average Bonchev–Trinajstić information content (AvgIpc) is 2.66. The molecular formula is C19H16BrFN2O3S. The van der Waals surface area contributed by atoms with Crippen LogP contribution in [0, 0.1) is 5.82 Å². The van der Waals surface area contributed by atoms with Crippen molar-refractivity contribution < 1.29 is 13.9 Å². The topological polar surface area (TPSA) is 61.2 Å². The number of hydrogen-bond donors (Lipinski definition) is 0. The van der Waals surface area contributed by atoms with Gasteiger partial charge >= 0.3 is 0 Å². The molecule has 0 atom stereocenters. The summed E-state index contributed by atoms with van der Waals surface area (Å²) in [6.07, 6.45) is 0. The second-order valence-electron chi connectivity index (χ2n) is 5.66. The van der Waals surface area contributed by atoms with Crippen molar-refractivity contribution in [2.75, 3.05) is 12.9 Å². The van der Waals surface area contributed by atoms with Gasteiger partial charge in [0, 0.05) is 11.0 Å². The molecule has 0 bridgehead atoms. The summed E-state index contributed by atoms with van der Waals surface area (Å²) in [5.74, 6) is -0.492. The summed E-state index contributed by atoms with van der Waals surface area (Å²) in [5.41, 5.74) is 0.563. The second kappa shape index (κ2) is 8.22. The number of Topliss-reactive ketones (excluding diaryl/α,β-unsaturated/α-hetero) is 1. The van der Waals surface area contributed by atoms with Crippen molar-refractivity contribution in [3.05, 3.63) is 62.6 Å². The first kappa shape index (κ1) is 19.6. The van der Waals surface area contributed by atoms with E-state index in [1.165, 1.54) is 23.8 Å². The maximum atomic E-state index is 13.5. The van der Waals surface area contributed by atoms with Crippen molar-refractivity contribution in [1.82, 2.24) is 9.55 Å². The molecule has 0 saturated heterocycles. The van der Waals surface area contributed by atoms with Crippen molar-refractivity contribution in [2.24, 2.45) is 0 Å². The van der Waals surface area contributed by atoms with Crippen LogP contribution >= 0.6 is 27.7 Å². The lowest BCUT2D eigenvalue weighted by atomic mass is 10.1. The van der Waals surface area contributed by atoms with Crippen molar-refractivity contribution in [3.8, 4) is 5.75 Å². The number of thioether (sulfide) groups is 1. The highest BCUT2D eigenvalue weighted by atomic mass is 79.9. The van der Waals surface area contributed by atoms with Crippen LogP contribution in [0.1, 0.15) is 17.3 Å². The molecule has 1 aromatic heterocycles. The number of fused-ring (bicyclic) bond motifs is 1. The van der Waals surface area contributed by atoms with Gasteiger partial charge in [0.05, 0.1) is 29.3 Å². The molecular weight excluding hydrogens is 435 g/mol. The fraction of sp³-hybridized carbons (Fsp3) is 0.211. The fourth-order valence-electron chi connectivity index (χ4n) is 2.67. The summed E-state index contributed by atoms with van der Waals surface area (Å²) in [6.45, 7) is 2.27. The van der Waals surface area contributed by atoms with E-state index >= 15 is 0 Å². The number of methoxy groups -OCH3 is 1. The number of nitrogens with zero attached hydrogens (tertiary/aromatic N) is 2. The van der Waals surface area contributed by atoms with Crippen LogP contribution in [0.4, 0.5) is 4.39 Å². The van der Waals surface area contributed by atoms with Gasteiger partial charge in [0.2, 0.25) is 0 Å². The molecule has 8 heteroatoms. The minimum absolute atomic E-state index is 0.00822. The number of halogens is 2. The summed E-state index contributed by atoms with van der Waals surface area (Å²) in [4.78, 5) is 29.8. The molecule has 1 heterocycles. The lowest BCUT2D eigenvalue weighted by Crippen LogP contribution is -2.23. The van der Waals surface area contributed by atoms with Crippen LogP contribution in [0.5, 0.6) is 5.75 Å². The minimum atomic E-state index is -0.510. The molecule has 0 radical (unpaired) electrons. The molecule has 2 aromatic carbocycles. The molecule has 140 valence electrons. The molecule has 0 aliphatic carbocycles. The molecule has 0 saturated carbocycles. The first-order valence-corrected chi connectivity index (χ1v) is 9.92. The Balaban J connectivity index is 1.93. The van der Waals surface area contributed by atoms with Gasteiger partial charge < -0.3 is 4.74 Å². The van der Waals surface area contributed by atoms with E-state index in [2.05, 4.69) is 20.9 Å². The Morgan fingerprint density at radius 2 is 2.07 bits per heavy atom. The number of aromatic nitrogens is 2. The molecule has 3 aromatic rings. The molecule has 0 amide bonds.